The van der Waals surface area contributed by atoms with E-state index in [-0.39, 0.29) is 5.95 Å². The Hall–Kier alpha value is -2.92. The summed E-state index contributed by atoms with van der Waals surface area (Å²) in [5.41, 5.74) is 11.8. The van der Waals surface area contributed by atoms with E-state index >= 15 is 0 Å². The van der Waals surface area contributed by atoms with E-state index in [0.29, 0.717) is 12.5 Å². The Labute approximate surface area is 187 Å². The van der Waals surface area contributed by atoms with Crippen molar-refractivity contribution in [3.63, 3.8) is 0 Å². The first-order valence-corrected chi connectivity index (χ1v) is 11.2. The van der Waals surface area contributed by atoms with Crippen LogP contribution in [0.25, 0.3) is 0 Å². The molecule has 0 aliphatic carbocycles. The zero-order valence-electron chi connectivity index (χ0n) is 19.8. The topological polar surface area (TPSA) is 67.1 Å². The van der Waals surface area contributed by atoms with Crippen molar-refractivity contribution in [2.45, 2.75) is 60.0 Å². The van der Waals surface area contributed by atoms with Crippen molar-refractivity contribution in [3.8, 4) is 0 Å². The van der Waals surface area contributed by atoms with Gasteiger partial charge in [-0.3, -0.25) is 4.90 Å². The molecule has 0 aliphatic heterocycles. The predicted molar refractivity (Wildman–Crippen MR) is 133 cm³/mol. The normalized spacial score (nSPS) is 11.6. The molecular formula is C26H37N5. The van der Waals surface area contributed by atoms with E-state index in [1.54, 1.807) is 0 Å². The van der Waals surface area contributed by atoms with Crippen LogP contribution < -0.4 is 11.1 Å². The highest BCUT2D eigenvalue weighted by Gasteiger charge is 2.12. The molecule has 2 aromatic carbocycles. The molecular weight excluding hydrogens is 382 g/mol. The molecule has 0 spiro atoms. The molecule has 5 heteroatoms. The number of aromatic nitrogens is 2. The Morgan fingerprint density at radius 1 is 1.00 bits per heavy atom. The van der Waals surface area contributed by atoms with E-state index in [2.05, 4.69) is 90.5 Å². The zero-order valence-corrected chi connectivity index (χ0v) is 19.8. The quantitative estimate of drug-likeness (QED) is 0.449. The third kappa shape index (κ3) is 7.37. The highest BCUT2D eigenvalue weighted by Crippen LogP contribution is 2.30. The molecule has 1 heterocycles. The third-order valence-electron chi connectivity index (χ3n) is 5.14. The standard InChI is InChI=1S/C24H31N5.C2H6/c1-5-18(3)21-12-11-17(2)13-22(21)27-23-14-20(26-24(25)28-23)16-29(4)15-19-9-7-6-8-10-19;1-2/h6-14,18H,5,15-16H2,1-4H3,(H3,25,26,27,28);1-2H3. The lowest BCUT2D eigenvalue weighted by atomic mass is 9.95. The molecule has 3 aromatic rings. The van der Waals surface area contributed by atoms with Gasteiger partial charge in [-0.1, -0.05) is 70.2 Å². The van der Waals surface area contributed by atoms with Crippen molar-refractivity contribution in [1.82, 2.24) is 14.9 Å². The van der Waals surface area contributed by atoms with Gasteiger partial charge >= 0.3 is 0 Å². The number of anilines is 3. The second kappa shape index (κ2) is 12.1. The molecule has 0 aliphatic rings. The summed E-state index contributed by atoms with van der Waals surface area (Å²) >= 11 is 0. The molecule has 3 rings (SSSR count). The highest BCUT2D eigenvalue weighted by atomic mass is 15.1. The van der Waals surface area contributed by atoms with Crippen LogP contribution in [0.15, 0.2) is 54.6 Å². The molecule has 1 aromatic heterocycles. The van der Waals surface area contributed by atoms with Gasteiger partial charge in [0, 0.05) is 24.8 Å². The number of nitrogen functional groups attached to an aromatic ring is 1. The second-order valence-electron chi connectivity index (χ2n) is 7.79. The summed E-state index contributed by atoms with van der Waals surface area (Å²) in [6.45, 7) is 12.1. The Balaban J connectivity index is 0.00000166. The van der Waals surface area contributed by atoms with Crippen LogP contribution in [0.4, 0.5) is 17.5 Å². The van der Waals surface area contributed by atoms with Gasteiger partial charge in [0.1, 0.15) is 5.82 Å². The monoisotopic (exact) mass is 419 g/mol. The molecule has 31 heavy (non-hydrogen) atoms. The first-order chi connectivity index (χ1) is 14.9. The van der Waals surface area contributed by atoms with Gasteiger partial charge in [-0.05, 0) is 49.1 Å². The lowest BCUT2D eigenvalue weighted by Crippen LogP contribution is -2.18. The van der Waals surface area contributed by atoms with Crippen molar-refractivity contribution in [2.75, 3.05) is 18.1 Å². The molecule has 3 N–H and O–H groups in total. The number of benzene rings is 2. The number of nitrogens with two attached hydrogens (primary N) is 1. The summed E-state index contributed by atoms with van der Waals surface area (Å²) in [5, 5.41) is 3.48. The van der Waals surface area contributed by atoms with Crippen LogP contribution in [-0.4, -0.2) is 21.9 Å². The fourth-order valence-electron chi connectivity index (χ4n) is 3.46. The Kier molecular flexibility index (Phi) is 9.47. The molecule has 0 saturated carbocycles. The van der Waals surface area contributed by atoms with E-state index < -0.39 is 0 Å². The number of hydrogen-bond donors (Lipinski definition) is 2. The Bertz CT molecular complexity index is 940. The molecule has 5 nitrogen and oxygen atoms in total. The molecule has 0 radical (unpaired) electrons. The summed E-state index contributed by atoms with van der Waals surface area (Å²) < 4.78 is 0. The number of hydrogen-bond acceptors (Lipinski definition) is 5. The summed E-state index contributed by atoms with van der Waals surface area (Å²) in [5.74, 6) is 1.49. The first kappa shape index (κ1) is 24.4. The molecule has 0 saturated heterocycles. The SMILES string of the molecule is CC.CCC(C)c1ccc(C)cc1Nc1cc(CN(C)Cc2ccccc2)nc(N)n1. The van der Waals surface area contributed by atoms with Gasteiger partial charge in [0.2, 0.25) is 5.95 Å². The molecule has 1 atom stereocenters. The maximum absolute atomic E-state index is 6.01. The minimum atomic E-state index is 0.288. The van der Waals surface area contributed by atoms with E-state index in [0.717, 1.165) is 30.2 Å². The number of aryl methyl sites for hydroxylation is 1. The van der Waals surface area contributed by atoms with Gasteiger partial charge < -0.3 is 11.1 Å². The van der Waals surface area contributed by atoms with Crippen LogP contribution in [0.2, 0.25) is 0 Å². The van der Waals surface area contributed by atoms with Gasteiger partial charge in [-0.25, -0.2) is 4.98 Å². The van der Waals surface area contributed by atoms with Crippen LogP contribution in [0.3, 0.4) is 0 Å². The number of nitrogens with zero attached hydrogens (tertiary/aromatic N) is 3. The lowest BCUT2D eigenvalue weighted by Gasteiger charge is -2.19. The van der Waals surface area contributed by atoms with Crippen molar-refractivity contribution < 1.29 is 0 Å². The van der Waals surface area contributed by atoms with E-state index in [1.165, 1.54) is 16.7 Å². The summed E-state index contributed by atoms with van der Waals surface area (Å²) in [7, 11) is 2.08. The fraction of sp³-hybridized carbons (Fsp3) is 0.385. The summed E-state index contributed by atoms with van der Waals surface area (Å²) in [6.07, 6.45) is 1.08. The first-order valence-electron chi connectivity index (χ1n) is 11.2. The van der Waals surface area contributed by atoms with Crippen LogP contribution >= 0.6 is 0 Å². The van der Waals surface area contributed by atoms with Crippen molar-refractivity contribution >= 4 is 17.5 Å². The van der Waals surface area contributed by atoms with Gasteiger partial charge in [0.05, 0.1) is 5.69 Å². The molecule has 0 fully saturated rings. The van der Waals surface area contributed by atoms with E-state index in [1.807, 2.05) is 26.0 Å². The fourth-order valence-corrected chi connectivity index (χ4v) is 3.46. The van der Waals surface area contributed by atoms with Gasteiger partial charge in [-0.2, -0.15) is 4.98 Å². The molecule has 0 amide bonds. The minimum Gasteiger partial charge on any atom is -0.368 e. The smallest absolute Gasteiger partial charge is 0.222 e. The van der Waals surface area contributed by atoms with E-state index in [4.69, 9.17) is 5.73 Å². The van der Waals surface area contributed by atoms with Crippen molar-refractivity contribution in [2.24, 2.45) is 0 Å². The predicted octanol–water partition coefficient (Wildman–Crippen LogP) is 6.28. The summed E-state index contributed by atoms with van der Waals surface area (Å²) in [6, 6.07) is 18.9. The Morgan fingerprint density at radius 2 is 1.71 bits per heavy atom. The van der Waals surface area contributed by atoms with Crippen molar-refractivity contribution in [1.29, 1.82) is 0 Å². The van der Waals surface area contributed by atoms with Crippen LogP contribution in [0.1, 0.15) is 62.4 Å². The number of rotatable bonds is 8. The second-order valence-corrected chi connectivity index (χ2v) is 7.79. The van der Waals surface area contributed by atoms with Gasteiger partial charge in [0.15, 0.2) is 0 Å². The van der Waals surface area contributed by atoms with Gasteiger partial charge in [-0.15, -0.1) is 0 Å². The lowest BCUT2D eigenvalue weighted by molar-refractivity contribution is 0.315. The van der Waals surface area contributed by atoms with Crippen LogP contribution in [0.5, 0.6) is 0 Å². The van der Waals surface area contributed by atoms with Crippen LogP contribution in [0, 0.1) is 6.92 Å². The minimum absolute atomic E-state index is 0.288. The molecule has 1 unspecified atom stereocenters. The zero-order chi connectivity index (χ0) is 22.8. The number of nitrogens with one attached hydrogen (secondary N) is 1. The maximum atomic E-state index is 6.01. The third-order valence-corrected chi connectivity index (χ3v) is 5.14. The van der Waals surface area contributed by atoms with Crippen LogP contribution in [-0.2, 0) is 13.1 Å². The highest BCUT2D eigenvalue weighted by molar-refractivity contribution is 5.63. The van der Waals surface area contributed by atoms with Crippen molar-refractivity contribution in [3.05, 3.63) is 77.0 Å². The summed E-state index contributed by atoms with van der Waals surface area (Å²) in [4.78, 5) is 11.1. The van der Waals surface area contributed by atoms with E-state index in [9.17, 15) is 0 Å². The maximum Gasteiger partial charge on any atom is 0.222 e. The molecule has 166 valence electrons. The average molecular weight is 420 g/mol. The Morgan fingerprint density at radius 3 is 2.39 bits per heavy atom. The van der Waals surface area contributed by atoms with Gasteiger partial charge in [0.25, 0.3) is 0 Å². The largest absolute Gasteiger partial charge is 0.368 e. The average Bonchev–Trinajstić information content (AvgIpc) is 2.75. The molecule has 0 bridgehead atoms.